The molecule has 0 aromatic carbocycles. The smallest absolute Gasteiger partial charge is 0.387 e. The first-order valence-electron chi connectivity index (χ1n) is 13.6. The molecule has 46 heavy (non-hydrogen) atoms. The molecular weight excluding hydrogens is 700 g/mol. The van der Waals surface area contributed by atoms with Crippen molar-refractivity contribution in [1.82, 2.24) is 0 Å². The lowest BCUT2D eigenvalue weighted by Gasteiger charge is -2.48. The van der Waals surface area contributed by atoms with Crippen molar-refractivity contribution >= 4 is 31.2 Å². The molecule has 0 aliphatic carbocycles. The lowest BCUT2D eigenvalue weighted by molar-refractivity contribution is -0.371. The van der Waals surface area contributed by atoms with E-state index in [1.54, 1.807) is 6.92 Å². The monoisotopic (exact) mass is 738 g/mol. The SMILES string of the molecule is CCCO[C@@H]1O[C@@H](C)[C@@H](OS(=O)(=O)O)[C@@H](O[C@@H]2O[C@@H](C)[C@@H](OS(=O)(=O)O)[C@@H](O[C@@H]3O[C@@H](C)[C@@H](OS(=O)(=O)O)[C@@H](O)[C@@H]3O)[C@@H]2O)[C@@H]1O. The molecule has 7 N–H and O–H groups in total. The first-order valence-corrected chi connectivity index (χ1v) is 17.7. The van der Waals surface area contributed by atoms with Crippen LogP contribution in [0.15, 0.2) is 0 Å². The maximum atomic E-state index is 11.6. The largest absolute Gasteiger partial charge is 0.397 e. The zero-order valence-corrected chi connectivity index (χ0v) is 27.0. The van der Waals surface area contributed by atoms with Crippen molar-refractivity contribution in [1.29, 1.82) is 0 Å². The summed E-state index contributed by atoms with van der Waals surface area (Å²) in [4.78, 5) is 0. The zero-order chi connectivity index (χ0) is 34.9. The van der Waals surface area contributed by atoms with Crippen molar-refractivity contribution in [3.05, 3.63) is 0 Å². The molecule has 0 unspecified atom stereocenters. The summed E-state index contributed by atoms with van der Waals surface area (Å²) in [5, 5.41) is 43.3. The van der Waals surface area contributed by atoms with Crippen molar-refractivity contribution in [3.63, 3.8) is 0 Å². The highest BCUT2D eigenvalue weighted by molar-refractivity contribution is 7.81. The quantitative estimate of drug-likeness (QED) is 0.0898. The summed E-state index contributed by atoms with van der Waals surface area (Å²) < 4.78 is 143. The summed E-state index contributed by atoms with van der Waals surface area (Å²) >= 11 is 0. The van der Waals surface area contributed by atoms with Gasteiger partial charge in [-0.25, -0.2) is 12.5 Å². The third-order valence-electron chi connectivity index (χ3n) is 7.05. The van der Waals surface area contributed by atoms with Crippen LogP contribution < -0.4 is 0 Å². The van der Waals surface area contributed by atoms with E-state index in [1.807, 2.05) is 0 Å². The van der Waals surface area contributed by atoms with Gasteiger partial charge in [-0.2, -0.15) is 25.3 Å². The van der Waals surface area contributed by atoms with Crippen LogP contribution >= 0.6 is 0 Å². The van der Waals surface area contributed by atoms with E-state index in [2.05, 4.69) is 12.5 Å². The molecule has 0 aromatic rings. The molecule has 0 spiro atoms. The van der Waals surface area contributed by atoms with Crippen molar-refractivity contribution in [2.75, 3.05) is 6.61 Å². The van der Waals surface area contributed by atoms with Crippen LogP contribution in [0, 0.1) is 0 Å². The minimum absolute atomic E-state index is 0.0687. The number of hydrogen-bond acceptors (Lipinski definition) is 19. The second kappa shape index (κ2) is 15.4. The van der Waals surface area contributed by atoms with Gasteiger partial charge >= 0.3 is 31.2 Å². The standard InChI is InChI=1S/C21H38O22S3/c1-5-6-35-19-12(24)17(15(8(3)36-19)42-45(29,30)31)40-21-13(25)18(16(9(4)38-21)43-46(32,33)34)39-20-11(23)10(22)14(7(2)37-20)41-44(26,27)28/h7-25H,5-6H2,1-4H3,(H,26,27,28)(H,29,30,31)(H,32,33,34)/t7-,8-,9-,10-,11-,12-,13-,14+,15+,16+,17-,18-,19+,20-,21-/m0/s1. The van der Waals surface area contributed by atoms with Gasteiger partial charge in [0.2, 0.25) is 0 Å². The summed E-state index contributed by atoms with van der Waals surface area (Å²) in [7, 11) is -15.6. The van der Waals surface area contributed by atoms with Crippen molar-refractivity contribution in [2.45, 2.75) is 126 Å². The van der Waals surface area contributed by atoms with Gasteiger partial charge in [0.15, 0.2) is 18.9 Å². The lowest BCUT2D eigenvalue weighted by atomic mass is 9.96. The van der Waals surface area contributed by atoms with Gasteiger partial charge in [0.25, 0.3) is 0 Å². The summed E-state index contributed by atoms with van der Waals surface area (Å²) in [6.07, 6.45) is -26.9. The first-order chi connectivity index (χ1) is 21.0. The molecular formula is C21H38O22S3. The Labute approximate surface area is 264 Å². The van der Waals surface area contributed by atoms with Gasteiger partial charge in [-0.3, -0.25) is 13.7 Å². The summed E-state index contributed by atoms with van der Waals surface area (Å²) in [5.74, 6) is 0. The fourth-order valence-corrected chi connectivity index (χ4v) is 6.66. The van der Waals surface area contributed by atoms with Crippen LogP contribution in [0.3, 0.4) is 0 Å². The predicted octanol–water partition coefficient (Wildman–Crippen LogP) is -3.57. The predicted molar refractivity (Wildman–Crippen MR) is 142 cm³/mol. The van der Waals surface area contributed by atoms with Crippen LogP contribution in [-0.2, 0) is 72.2 Å². The number of ether oxygens (including phenoxy) is 6. The van der Waals surface area contributed by atoms with E-state index in [4.69, 9.17) is 33.0 Å². The number of aliphatic hydroxyl groups is 4. The van der Waals surface area contributed by atoms with E-state index in [0.29, 0.717) is 6.42 Å². The summed E-state index contributed by atoms with van der Waals surface area (Å²) in [5.41, 5.74) is 0. The van der Waals surface area contributed by atoms with Crippen molar-refractivity contribution in [3.8, 4) is 0 Å². The Morgan fingerprint density at radius 2 is 0.870 bits per heavy atom. The Bertz CT molecular complexity index is 1330. The van der Waals surface area contributed by atoms with E-state index in [1.165, 1.54) is 6.92 Å². The molecule has 272 valence electrons. The summed E-state index contributed by atoms with van der Waals surface area (Å²) in [6.45, 7) is 5.39. The van der Waals surface area contributed by atoms with Crippen LogP contribution in [0.1, 0.15) is 34.1 Å². The Balaban J connectivity index is 1.93. The fraction of sp³-hybridized carbons (Fsp3) is 1.00. The third-order valence-corrected chi connectivity index (χ3v) is 8.44. The van der Waals surface area contributed by atoms with Crippen LogP contribution in [-0.4, -0.2) is 158 Å². The Morgan fingerprint density at radius 1 is 0.522 bits per heavy atom. The van der Waals surface area contributed by atoms with Crippen LogP contribution in [0.25, 0.3) is 0 Å². The molecule has 0 amide bonds. The minimum Gasteiger partial charge on any atom is -0.387 e. The van der Waals surface area contributed by atoms with E-state index >= 15 is 0 Å². The maximum Gasteiger partial charge on any atom is 0.397 e. The normalized spacial score (nSPS) is 43.0. The van der Waals surface area contributed by atoms with Crippen molar-refractivity contribution < 1.29 is 100 Å². The molecule has 3 saturated heterocycles. The molecule has 0 saturated carbocycles. The lowest BCUT2D eigenvalue weighted by Crippen LogP contribution is -2.66. The second-order valence-electron chi connectivity index (χ2n) is 10.6. The highest BCUT2D eigenvalue weighted by atomic mass is 32.3. The van der Waals surface area contributed by atoms with Gasteiger partial charge in [-0.15, -0.1) is 0 Å². The molecule has 25 heteroatoms. The third kappa shape index (κ3) is 10.4. The molecule has 3 aliphatic rings. The average Bonchev–Trinajstić information content (AvgIpc) is 2.90. The fourth-order valence-electron chi connectivity index (χ4n) is 5.02. The first kappa shape index (κ1) is 39.6. The van der Waals surface area contributed by atoms with Gasteiger partial charge < -0.3 is 48.8 Å². The van der Waals surface area contributed by atoms with Gasteiger partial charge in [-0.1, -0.05) is 6.92 Å². The Morgan fingerprint density at radius 3 is 1.28 bits per heavy atom. The zero-order valence-electron chi connectivity index (χ0n) is 24.6. The number of rotatable bonds is 13. The molecule has 15 atom stereocenters. The van der Waals surface area contributed by atoms with Gasteiger partial charge in [0.05, 0.1) is 18.3 Å². The van der Waals surface area contributed by atoms with Crippen molar-refractivity contribution in [2.24, 2.45) is 0 Å². The maximum absolute atomic E-state index is 11.6. The van der Waals surface area contributed by atoms with E-state index in [9.17, 15) is 54.8 Å². The highest BCUT2D eigenvalue weighted by Gasteiger charge is 2.55. The molecule has 3 aliphatic heterocycles. The minimum atomic E-state index is -5.29. The molecule has 3 rings (SSSR count). The molecule has 0 radical (unpaired) electrons. The van der Waals surface area contributed by atoms with Crippen LogP contribution in [0.5, 0.6) is 0 Å². The Hall–Kier alpha value is -0.790. The van der Waals surface area contributed by atoms with Gasteiger partial charge in [-0.05, 0) is 27.2 Å². The second-order valence-corrected chi connectivity index (χ2v) is 13.8. The molecule has 3 fully saturated rings. The van der Waals surface area contributed by atoms with Crippen LogP contribution in [0.4, 0.5) is 0 Å². The molecule has 0 bridgehead atoms. The molecule has 22 nitrogen and oxygen atoms in total. The van der Waals surface area contributed by atoms with E-state index in [-0.39, 0.29) is 6.61 Å². The molecule has 0 aromatic heterocycles. The highest BCUT2D eigenvalue weighted by Crippen LogP contribution is 2.35. The van der Waals surface area contributed by atoms with Gasteiger partial charge in [0.1, 0.15) is 54.9 Å². The average molecular weight is 739 g/mol. The van der Waals surface area contributed by atoms with E-state index < -0.39 is 123 Å². The summed E-state index contributed by atoms with van der Waals surface area (Å²) in [6, 6.07) is 0. The van der Waals surface area contributed by atoms with E-state index in [0.717, 1.165) is 13.8 Å². The van der Waals surface area contributed by atoms with Crippen LogP contribution in [0.2, 0.25) is 0 Å². The van der Waals surface area contributed by atoms with Gasteiger partial charge in [0, 0.05) is 6.61 Å². The Kier molecular flexibility index (Phi) is 13.3. The number of aliphatic hydroxyl groups excluding tert-OH is 4. The number of hydrogen-bond donors (Lipinski definition) is 7. The topological polar surface area (TPSA) is 327 Å². The molecule has 3 heterocycles.